The summed E-state index contributed by atoms with van der Waals surface area (Å²) in [6.45, 7) is 16.5. The summed E-state index contributed by atoms with van der Waals surface area (Å²) in [5, 5.41) is 15.9. The number of nitrogens with zero attached hydrogens (tertiary/aromatic N) is 2. The summed E-state index contributed by atoms with van der Waals surface area (Å²) >= 11 is 0. The van der Waals surface area contributed by atoms with Crippen LogP contribution in [0, 0.1) is 0 Å². The van der Waals surface area contributed by atoms with E-state index in [9.17, 15) is 5.11 Å². The van der Waals surface area contributed by atoms with Gasteiger partial charge in [-0.25, -0.2) is 9.80 Å². The quantitative estimate of drug-likeness (QED) is 0.0832. The number of ether oxygens (including phenoxy) is 1. The zero-order valence-electron chi connectivity index (χ0n) is 40.9. The van der Waals surface area contributed by atoms with Gasteiger partial charge < -0.3 is 9.84 Å². The number of anilines is 2. The predicted octanol–water partition coefficient (Wildman–Crippen LogP) is 14.7. The molecule has 2 aliphatic heterocycles. The van der Waals surface area contributed by atoms with Crippen molar-refractivity contribution in [3.8, 4) is 28.0 Å². The number of amides is 4. The molecule has 4 amide bonds. The van der Waals surface area contributed by atoms with E-state index in [2.05, 4.69) is 55.4 Å². The van der Waals surface area contributed by atoms with Gasteiger partial charge in [0.25, 0.3) is 23.6 Å². The van der Waals surface area contributed by atoms with Gasteiger partial charge in [0.15, 0.2) is 0 Å². The highest BCUT2D eigenvalue weighted by atomic mass is 16.5. The summed E-state index contributed by atoms with van der Waals surface area (Å²) in [7, 11) is 1.62. The maximum absolute atomic E-state index is 15.6. The number of carbonyl (C=O) groups is 4. The number of imide groups is 2. The summed E-state index contributed by atoms with van der Waals surface area (Å²) in [5.41, 5.74) is 10.4. The Morgan fingerprint density at radius 1 is 0.414 bits per heavy atom. The number of carbonyl (C=O) groups excluding carboxylic acids is 4. The number of aliphatic hydroxyl groups excluding tert-OH is 1. The van der Waals surface area contributed by atoms with Crippen LogP contribution >= 0.6 is 0 Å². The Balaban J connectivity index is 1.30. The van der Waals surface area contributed by atoms with E-state index >= 15 is 19.2 Å². The molecule has 0 unspecified atom stereocenters. The molecule has 9 aromatic rings. The first-order valence-electron chi connectivity index (χ1n) is 24.3. The van der Waals surface area contributed by atoms with Gasteiger partial charge in [-0.1, -0.05) is 140 Å². The number of hydrogen-bond donors (Lipinski definition) is 1. The van der Waals surface area contributed by atoms with E-state index in [1.165, 1.54) is 9.80 Å². The smallest absolute Gasteiger partial charge is 0.266 e. The van der Waals surface area contributed by atoms with Crippen LogP contribution in [0.15, 0.2) is 121 Å². The van der Waals surface area contributed by atoms with Crippen molar-refractivity contribution in [2.75, 3.05) is 16.9 Å². The molecule has 9 aromatic carbocycles. The van der Waals surface area contributed by atoms with Gasteiger partial charge >= 0.3 is 0 Å². The van der Waals surface area contributed by atoms with Gasteiger partial charge in [0, 0.05) is 33.0 Å². The second-order valence-electron chi connectivity index (χ2n) is 20.2. The van der Waals surface area contributed by atoms with Gasteiger partial charge in [0.2, 0.25) is 0 Å². The number of methoxy groups -OCH3 is 1. The summed E-state index contributed by atoms with van der Waals surface area (Å²) in [6.07, 6.45) is 0. The molecule has 0 radical (unpaired) electrons. The predicted molar refractivity (Wildman–Crippen MR) is 283 cm³/mol. The number of rotatable bonds is 10. The Bertz CT molecular complexity index is 3410. The number of aliphatic hydroxyl groups is 1. The van der Waals surface area contributed by atoms with Crippen molar-refractivity contribution in [2.45, 2.75) is 85.7 Å². The van der Waals surface area contributed by atoms with Gasteiger partial charge in [-0.3, -0.25) is 19.2 Å². The topological polar surface area (TPSA) is 104 Å². The minimum Gasteiger partial charge on any atom is -0.497 e. The maximum atomic E-state index is 15.6. The molecule has 0 bridgehead atoms. The van der Waals surface area contributed by atoms with Crippen LogP contribution in [0.5, 0.6) is 5.75 Å². The van der Waals surface area contributed by atoms with E-state index in [1.54, 1.807) is 7.11 Å². The van der Waals surface area contributed by atoms with E-state index in [0.717, 1.165) is 82.4 Å². The Kier molecular flexibility index (Phi) is 10.6. The van der Waals surface area contributed by atoms with Crippen LogP contribution in [0.1, 0.15) is 148 Å². The highest BCUT2D eigenvalue weighted by molar-refractivity contribution is 6.48. The maximum Gasteiger partial charge on any atom is 0.266 e. The molecule has 11 rings (SSSR count). The van der Waals surface area contributed by atoms with Crippen LogP contribution in [-0.2, 0) is 6.61 Å². The van der Waals surface area contributed by atoms with Gasteiger partial charge in [-0.15, -0.1) is 0 Å². The standard InChI is InChI=1S/C62H54N2O6/c1-31(2)39-12-10-13-40(32(3)4)57(39)63-59(66)45-27-25-44-52-48(37-20-22-38(70-9)23-21-37)29-50-54-46(60(67)64(62(50)69)58-41(33(5)6)14-11-15-42(58)34(7)8)26-24-43(56(52)54)51-47(36-18-16-35(30-65)17-19-36)28-49(61(63)68)53(45)55(44)51/h10-29,31-34,65H,30H2,1-9H3. The van der Waals surface area contributed by atoms with Crippen molar-refractivity contribution < 1.29 is 29.0 Å². The first-order valence-corrected chi connectivity index (χ1v) is 24.3. The lowest BCUT2D eigenvalue weighted by Crippen LogP contribution is -2.42. The second kappa shape index (κ2) is 16.5. The Morgan fingerprint density at radius 2 is 0.771 bits per heavy atom. The highest BCUT2D eigenvalue weighted by Crippen LogP contribution is 2.53. The van der Waals surface area contributed by atoms with Crippen LogP contribution in [0.25, 0.3) is 65.3 Å². The van der Waals surface area contributed by atoms with Crippen LogP contribution in [-0.4, -0.2) is 35.8 Å². The van der Waals surface area contributed by atoms with Crippen molar-refractivity contribution in [3.05, 3.63) is 171 Å². The normalized spacial score (nSPS) is 13.9. The molecular weight excluding hydrogens is 869 g/mol. The largest absolute Gasteiger partial charge is 0.497 e. The van der Waals surface area contributed by atoms with Crippen molar-refractivity contribution in [1.29, 1.82) is 0 Å². The fourth-order valence-corrected chi connectivity index (χ4v) is 11.4. The van der Waals surface area contributed by atoms with Gasteiger partial charge in [-0.05, 0) is 142 Å². The molecule has 8 heteroatoms. The van der Waals surface area contributed by atoms with Crippen LogP contribution < -0.4 is 14.5 Å². The van der Waals surface area contributed by atoms with Crippen molar-refractivity contribution in [1.82, 2.24) is 0 Å². The lowest BCUT2D eigenvalue weighted by molar-refractivity contribution is 0.0877. The fraction of sp³-hybridized carbons (Fsp3) is 0.226. The van der Waals surface area contributed by atoms with Crippen molar-refractivity contribution in [2.24, 2.45) is 0 Å². The monoisotopic (exact) mass is 922 g/mol. The minimum absolute atomic E-state index is 0.0229. The van der Waals surface area contributed by atoms with E-state index in [4.69, 9.17) is 4.74 Å². The fourth-order valence-electron chi connectivity index (χ4n) is 11.4. The SMILES string of the molecule is COc1ccc(-c2cc3c4c(ccc5c6c(-c7ccc(CO)cc7)cc7c8c(ccc(c2c45)c86)C(=O)N(c2c(C(C)C)cccc2C(C)C)C7=O)C(=O)N(c2c(C(C)C)cccc2C(C)C)C3=O)cc1. The van der Waals surface area contributed by atoms with Crippen molar-refractivity contribution in [3.63, 3.8) is 0 Å². The third kappa shape index (κ3) is 6.39. The lowest BCUT2D eigenvalue weighted by Gasteiger charge is -2.34. The van der Waals surface area contributed by atoms with Crippen LogP contribution in [0.2, 0.25) is 0 Å². The van der Waals surface area contributed by atoms with E-state index in [0.29, 0.717) is 50.2 Å². The average Bonchev–Trinajstić information content (AvgIpc) is 3.36. The summed E-state index contributed by atoms with van der Waals surface area (Å²) in [4.78, 5) is 64.8. The van der Waals surface area contributed by atoms with Crippen LogP contribution in [0.3, 0.4) is 0 Å². The highest BCUT2D eigenvalue weighted by Gasteiger charge is 2.42. The number of benzene rings is 9. The molecule has 2 heterocycles. The molecule has 0 aliphatic carbocycles. The molecule has 0 fully saturated rings. The molecule has 70 heavy (non-hydrogen) atoms. The summed E-state index contributed by atoms with van der Waals surface area (Å²) < 4.78 is 5.61. The first-order chi connectivity index (χ1) is 33.7. The van der Waals surface area contributed by atoms with Crippen LogP contribution in [0.4, 0.5) is 11.4 Å². The number of fused-ring (bicyclic) bond motifs is 2. The molecule has 0 spiro atoms. The number of para-hydroxylation sites is 2. The van der Waals surface area contributed by atoms with E-state index < -0.39 is 23.6 Å². The molecular formula is C62H54N2O6. The molecule has 348 valence electrons. The third-order valence-electron chi connectivity index (χ3n) is 14.8. The first kappa shape index (κ1) is 44.8. The zero-order chi connectivity index (χ0) is 49.2. The van der Waals surface area contributed by atoms with Crippen molar-refractivity contribution >= 4 is 78.1 Å². The van der Waals surface area contributed by atoms with E-state index in [-0.39, 0.29) is 30.3 Å². The minimum atomic E-state index is -0.408. The summed E-state index contributed by atoms with van der Waals surface area (Å²) in [5.74, 6) is -0.828. The molecule has 0 atom stereocenters. The molecule has 8 nitrogen and oxygen atoms in total. The number of hydrogen-bond acceptors (Lipinski definition) is 6. The van der Waals surface area contributed by atoms with E-state index in [1.807, 2.05) is 121 Å². The molecule has 2 aliphatic rings. The van der Waals surface area contributed by atoms with Gasteiger partial charge in [0.05, 0.1) is 25.1 Å². The van der Waals surface area contributed by atoms with Gasteiger partial charge in [0.1, 0.15) is 5.75 Å². The lowest BCUT2D eigenvalue weighted by atomic mass is 9.77. The summed E-state index contributed by atoms with van der Waals surface area (Å²) in [6, 6.07) is 39.0. The Labute approximate surface area is 407 Å². The molecule has 0 saturated carbocycles. The Morgan fingerprint density at radius 3 is 1.11 bits per heavy atom. The molecule has 0 aromatic heterocycles. The Hall–Kier alpha value is -7.68. The second-order valence-corrected chi connectivity index (χ2v) is 20.2. The average molecular weight is 923 g/mol. The third-order valence-corrected chi connectivity index (χ3v) is 14.8. The zero-order valence-corrected chi connectivity index (χ0v) is 40.9. The molecule has 1 N–H and O–H groups in total. The van der Waals surface area contributed by atoms with Gasteiger partial charge in [-0.2, -0.15) is 0 Å². The molecule has 0 saturated heterocycles.